The maximum Gasteiger partial charge on any atom is 0.252 e. The van der Waals surface area contributed by atoms with Crippen LogP contribution in [-0.2, 0) is 0 Å². The molecule has 0 saturated carbocycles. The quantitative estimate of drug-likeness (QED) is 0.771. The molecule has 17 heavy (non-hydrogen) atoms. The Labute approximate surface area is 105 Å². The lowest BCUT2D eigenvalue weighted by atomic mass is 10.0. The van der Waals surface area contributed by atoms with Gasteiger partial charge < -0.3 is 4.74 Å². The van der Waals surface area contributed by atoms with Gasteiger partial charge in [-0.05, 0) is 47.0 Å². The van der Waals surface area contributed by atoms with Crippen molar-refractivity contribution in [3.8, 4) is 16.9 Å². The fraction of sp³-hybridized carbons (Fsp3) is 0.0714. The van der Waals surface area contributed by atoms with Crippen LogP contribution in [0.1, 0.15) is 10.4 Å². The molecule has 2 aromatic rings. The van der Waals surface area contributed by atoms with E-state index in [1.165, 1.54) is 0 Å². The second kappa shape index (κ2) is 5.02. The average molecular weight is 247 g/mol. The smallest absolute Gasteiger partial charge is 0.252 e. The zero-order valence-corrected chi connectivity index (χ0v) is 10.1. The van der Waals surface area contributed by atoms with Crippen molar-refractivity contribution in [2.45, 2.75) is 0 Å². The molecule has 0 aliphatic carbocycles. The summed E-state index contributed by atoms with van der Waals surface area (Å²) in [5, 5.41) is -0.439. The maximum absolute atomic E-state index is 10.9. The molecule has 3 heteroatoms. The Morgan fingerprint density at radius 3 is 1.82 bits per heavy atom. The van der Waals surface area contributed by atoms with Gasteiger partial charge in [0, 0.05) is 5.56 Å². The summed E-state index contributed by atoms with van der Waals surface area (Å²) in [6.07, 6.45) is 0. The van der Waals surface area contributed by atoms with Crippen LogP contribution < -0.4 is 4.74 Å². The number of ether oxygens (including phenoxy) is 1. The van der Waals surface area contributed by atoms with E-state index in [9.17, 15) is 4.79 Å². The van der Waals surface area contributed by atoms with Crippen LogP contribution in [0.25, 0.3) is 11.1 Å². The molecule has 0 aliphatic heterocycles. The van der Waals surface area contributed by atoms with Crippen molar-refractivity contribution in [3.05, 3.63) is 54.1 Å². The van der Waals surface area contributed by atoms with Crippen LogP contribution in [-0.4, -0.2) is 12.4 Å². The molecule has 0 bridgehead atoms. The summed E-state index contributed by atoms with van der Waals surface area (Å²) in [4.78, 5) is 10.9. The molecule has 0 aliphatic rings. The van der Waals surface area contributed by atoms with E-state index in [0.717, 1.165) is 16.9 Å². The minimum Gasteiger partial charge on any atom is -0.497 e. The van der Waals surface area contributed by atoms with E-state index < -0.39 is 5.24 Å². The molecular weight excluding hydrogens is 236 g/mol. The molecule has 0 saturated heterocycles. The van der Waals surface area contributed by atoms with Crippen molar-refractivity contribution >= 4 is 16.8 Å². The lowest BCUT2D eigenvalue weighted by Gasteiger charge is -2.04. The van der Waals surface area contributed by atoms with Gasteiger partial charge in [-0.1, -0.05) is 24.3 Å². The average Bonchev–Trinajstić information content (AvgIpc) is 2.39. The number of carbonyl (C=O) groups excluding carboxylic acids is 1. The SMILES string of the molecule is COc1ccc(-c2ccc(C(=O)Cl)cc2)cc1. The molecule has 0 atom stereocenters. The monoisotopic (exact) mass is 246 g/mol. The summed E-state index contributed by atoms with van der Waals surface area (Å²) in [6.45, 7) is 0. The predicted molar refractivity (Wildman–Crippen MR) is 68.6 cm³/mol. The molecule has 0 N–H and O–H groups in total. The Morgan fingerprint density at radius 2 is 1.41 bits per heavy atom. The van der Waals surface area contributed by atoms with Crippen LogP contribution in [0.3, 0.4) is 0 Å². The first-order chi connectivity index (χ1) is 8.20. The number of rotatable bonds is 3. The molecule has 2 aromatic carbocycles. The van der Waals surface area contributed by atoms with Gasteiger partial charge in [0.2, 0.25) is 0 Å². The van der Waals surface area contributed by atoms with E-state index in [2.05, 4.69) is 0 Å². The van der Waals surface area contributed by atoms with Crippen molar-refractivity contribution in [3.63, 3.8) is 0 Å². The van der Waals surface area contributed by atoms with E-state index in [-0.39, 0.29) is 0 Å². The summed E-state index contributed by atoms with van der Waals surface area (Å²) in [5.41, 5.74) is 2.61. The fourth-order valence-corrected chi connectivity index (χ4v) is 1.70. The minimum atomic E-state index is -0.439. The van der Waals surface area contributed by atoms with E-state index in [0.29, 0.717) is 5.56 Å². The van der Waals surface area contributed by atoms with Gasteiger partial charge in [0.25, 0.3) is 5.24 Å². The summed E-state index contributed by atoms with van der Waals surface area (Å²) in [6, 6.07) is 14.9. The normalized spacial score (nSPS) is 10.0. The van der Waals surface area contributed by atoms with Crippen molar-refractivity contribution in [1.29, 1.82) is 0 Å². The minimum absolute atomic E-state index is 0.439. The standard InChI is InChI=1S/C14H11ClO2/c1-17-13-8-6-11(7-9-13)10-2-4-12(5-3-10)14(15)16/h2-9H,1H3. The molecule has 0 heterocycles. The van der Waals surface area contributed by atoms with E-state index in [1.54, 1.807) is 19.2 Å². The highest BCUT2D eigenvalue weighted by Crippen LogP contribution is 2.22. The second-order valence-electron chi connectivity index (χ2n) is 3.58. The van der Waals surface area contributed by atoms with Gasteiger partial charge in [-0.2, -0.15) is 0 Å². The number of hydrogen-bond donors (Lipinski definition) is 0. The third kappa shape index (κ3) is 2.66. The molecule has 2 nitrogen and oxygen atoms in total. The lowest BCUT2D eigenvalue weighted by Crippen LogP contribution is -1.88. The van der Waals surface area contributed by atoms with Crippen LogP contribution in [0.15, 0.2) is 48.5 Å². The number of carbonyl (C=O) groups is 1. The van der Waals surface area contributed by atoms with Crippen LogP contribution >= 0.6 is 11.6 Å². The van der Waals surface area contributed by atoms with Gasteiger partial charge in [-0.25, -0.2) is 0 Å². The summed E-state index contributed by atoms with van der Waals surface area (Å²) in [7, 11) is 1.63. The van der Waals surface area contributed by atoms with Gasteiger partial charge in [0.15, 0.2) is 0 Å². The van der Waals surface area contributed by atoms with E-state index >= 15 is 0 Å². The summed E-state index contributed by atoms with van der Waals surface area (Å²) in [5.74, 6) is 0.821. The third-order valence-electron chi connectivity index (χ3n) is 2.54. The fourth-order valence-electron chi connectivity index (χ4n) is 1.58. The topological polar surface area (TPSA) is 26.3 Å². The van der Waals surface area contributed by atoms with Crippen molar-refractivity contribution in [2.24, 2.45) is 0 Å². The Balaban J connectivity index is 2.29. The Kier molecular flexibility index (Phi) is 3.45. The molecule has 2 rings (SSSR count). The number of benzene rings is 2. The van der Waals surface area contributed by atoms with Crippen molar-refractivity contribution in [2.75, 3.05) is 7.11 Å². The molecule has 0 amide bonds. The Hall–Kier alpha value is -1.80. The molecule has 0 fully saturated rings. The first kappa shape index (κ1) is 11.7. The highest BCUT2D eigenvalue weighted by Gasteiger charge is 2.02. The Morgan fingerprint density at radius 1 is 0.941 bits per heavy atom. The second-order valence-corrected chi connectivity index (χ2v) is 3.92. The predicted octanol–water partition coefficient (Wildman–Crippen LogP) is 3.74. The first-order valence-electron chi connectivity index (χ1n) is 5.15. The number of halogens is 1. The van der Waals surface area contributed by atoms with Crippen molar-refractivity contribution < 1.29 is 9.53 Å². The summed E-state index contributed by atoms with van der Waals surface area (Å²) < 4.78 is 5.09. The zero-order chi connectivity index (χ0) is 12.3. The van der Waals surface area contributed by atoms with Gasteiger partial charge >= 0.3 is 0 Å². The number of methoxy groups -OCH3 is 1. The number of hydrogen-bond acceptors (Lipinski definition) is 2. The molecule has 0 aromatic heterocycles. The summed E-state index contributed by atoms with van der Waals surface area (Å²) >= 11 is 5.39. The van der Waals surface area contributed by atoms with Gasteiger partial charge in [-0.15, -0.1) is 0 Å². The highest BCUT2D eigenvalue weighted by atomic mass is 35.5. The van der Waals surface area contributed by atoms with Crippen LogP contribution in [0, 0.1) is 0 Å². The van der Waals surface area contributed by atoms with E-state index in [1.807, 2.05) is 36.4 Å². The van der Waals surface area contributed by atoms with Crippen molar-refractivity contribution in [1.82, 2.24) is 0 Å². The van der Waals surface area contributed by atoms with Gasteiger partial charge in [0.05, 0.1) is 7.11 Å². The molecule has 86 valence electrons. The molecule has 0 spiro atoms. The Bertz CT molecular complexity index is 515. The van der Waals surface area contributed by atoms with Gasteiger partial charge in [-0.3, -0.25) is 4.79 Å². The van der Waals surface area contributed by atoms with Gasteiger partial charge in [0.1, 0.15) is 5.75 Å². The first-order valence-corrected chi connectivity index (χ1v) is 5.53. The third-order valence-corrected chi connectivity index (χ3v) is 2.75. The van der Waals surface area contributed by atoms with Crippen LogP contribution in [0.4, 0.5) is 0 Å². The van der Waals surface area contributed by atoms with E-state index in [4.69, 9.17) is 16.3 Å². The maximum atomic E-state index is 10.9. The zero-order valence-electron chi connectivity index (χ0n) is 9.31. The van der Waals surface area contributed by atoms with Crippen LogP contribution in [0.5, 0.6) is 5.75 Å². The molecular formula is C14H11ClO2. The van der Waals surface area contributed by atoms with Crippen LogP contribution in [0.2, 0.25) is 0 Å². The largest absolute Gasteiger partial charge is 0.497 e. The molecule has 0 radical (unpaired) electrons. The highest BCUT2D eigenvalue weighted by molar-refractivity contribution is 6.67. The lowest BCUT2D eigenvalue weighted by molar-refractivity contribution is 0.108. The molecule has 0 unspecified atom stereocenters.